The molecule has 1 aromatic heterocycles. The molecule has 4 rings (SSSR count). The molecule has 2 N–H and O–H groups in total. The molecule has 0 bridgehead atoms. The molecule has 34 heavy (non-hydrogen) atoms. The Labute approximate surface area is 198 Å². The molecule has 0 saturated heterocycles. The first-order valence-corrected chi connectivity index (χ1v) is 12.0. The molecule has 0 fully saturated rings. The van der Waals surface area contributed by atoms with E-state index < -0.39 is 22.5 Å². The van der Waals surface area contributed by atoms with E-state index in [1.54, 1.807) is 22.9 Å². The zero-order valence-corrected chi connectivity index (χ0v) is 19.2. The fourth-order valence-corrected chi connectivity index (χ4v) is 4.27. The van der Waals surface area contributed by atoms with E-state index in [1.807, 2.05) is 67.7 Å². The summed E-state index contributed by atoms with van der Waals surface area (Å²) < 4.78 is 28.5. The van der Waals surface area contributed by atoms with Crippen LogP contribution in [-0.4, -0.2) is 36.9 Å². The van der Waals surface area contributed by atoms with E-state index >= 15 is 0 Å². The maximum atomic E-state index is 12.3. The van der Waals surface area contributed by atoms with Crippen molar-refractivity contribution in [3.05, 3.63) is 102 Å². The molecule has 0 unspecified atom stereocenters. The molecule has 8 nitrogen and oxygen atoms in total. The first-order valence-electron chi connectivity index (χ1n) is 10.5. The van der Waals surface area contributed by atoms with Gasteiger partial charge in [-0.3, -0.25) is 4.79 Å². The molecule has 0 aliphatic heterocycles. The minimum absolute atomic E-state index is 0.0856. The van der Waals surface area contributed by atoms with Crippen LogP contribution < -0.4 is 10.1 Å². The summed E-state index contributed by atoms with van der Waals surface area (Å²) >= 11 is 0. The predicted molar refractivity (Wildman–Crippen MR) is 131 cm³/mol. The van der Waals surface area contributed by atoms with Crippen LogP contribution in [0.3, 0.4) is 0 Å². The van der Waals surface area contributed by atoms with Crippen LogP contribution in [0.15, 0.2) is 101 Å². The summed E-state index contributed by atoms with van der Waals surface area (Å²) in [6, 6.07) is 25.4. The highest BCUT2D eigenvalue weighted by atomic mass is 32.2. The van der Waals surface area contributed by atoms with Crippen molar-refractivity contribution in [3.8, 4) is 16.9 Å². The number of carbonyl (C=O) groups excluding carboxylic acids is 1. The summed E-state index contributed by atoms with van der Waals surface area (Å²) in [6.45, 7) is 1.56. The maximum absolute atomic E-state index is 12.3. The quantitative estimate of drug-likeness (QED) is 0.303. The zero-order chi connectivity index (χ0) is 24.0. The lowest BCUT2D eigenvalue weighted by Gasteiger charge is -2.05. The maximum Gasteiger partial charge on any atom is 0.255 e. The van der Waals surface area contributed by atoms with Gasteiger partial charge in [-0.1, -0.05) is 60.2 Å². The second-order valence-corrected chi connectivity index (χ2v) is 9.28. The van der Waals surface area contributed by atoms with Gasteiger partial charge >= 0.3 is 0 Å². The fourth-order valence-electron chi connectivity index (χ4n) is 3.27. The fraction of sp³-hybridized carbons (Fsp3) is 0.0800. The lowest BCUT2D eigenvalue weighted by Crippen LogP contribution is -2.34. The third-order valence-electron chi connectivity index (χ3n) is 4.92. The van der Waals surface area contributed by atoms with Crippen LogP contribution in [0.5, 0.6) is 0 Å². The highest BCUT2D eigenvalue weighted by Gasteiger charge is 2.15. The van der Waals surface area contributed by atoms with Crippen LogP contribution in [0.2, 0.25) is 0 Å². The van der Waals surface area contributed by atoms with Gasteiger partial charge in [0, 0.05) is 17.3 Å². The Balaban J connectivity index is 1.49. The number of carbonyl (C=O) groups is 1. The normalized spacial score (nSPS) is 11.6. The molecule has 0 atom stereocenters. The molecule has 0 spiro atoms. The summed E-state index contributed by atoms with van der Waals surface area (Å²) in [4.78, 5) is 12.3. The largest absolute Gasteiger partial charge is 0.272 e. The Hall–Kier alpha value is -4.08. The SMILES string of the molecule is Cc1cccc(-c2nn(-c3ccccc3)cc2/C=N/NC(=O)CNS(=O)(=O)c2ccccc2)c1. The van der Waals surface area contributed by atoms with E-state index in [9.17, 15) is 13.2 Å². The third-order valence-corrected chi connectivity index (χ3v) is 6.34. The molecule has 0 aliphatic carbocycles. The number of nitrogens with one attached hydrogen (secondary N) is 2. The second kappa shape index (κ2) is 10.2. The van der Waals surface area contributed by atoms with Gasteiger partial charge in [0.25, 0.3) is 5.91 Å². The number of hydrazone groups is 1. The number of benzene rings is 3. The second-order valence-electron chi connectivity index (χ2n) is 7.51. The Morgan fingerprint density at radius 1 is 1.00 bits per heavy atom. The van der Waals surface area contributed by atoms with Gasteiger partial charge in [0.2, 0.25) is 10.0 Å². The van der Waals surface area contributed by atoms with Crippen LogP contribution in [0.4, 0.5) is 0 Å². The van der Waals surface area contributed by atoms with Gasteiger partial charge in [-0.25, -0.2) is 23.2 Å². The molecular formula is C25H23N5O3S. The highest BCUT2D eigenvalue weighted by Crippen LogP contribution is 2.23. The summed E-state index contributed by atoms with van der Waals surface area (Å²) in [5.74, 6) is -0.594. The van der Waals surface area contributed by atoms with Crippen molar-refractivity contribution in [3.63, 3.8) is 0 Å². The Morgan fingerprint density at radius 3 is 2.41 bits per heavy atom. The number of sulfonamides is 1. The highest BCUT2D eigenvalue weighted by molar-refractivity contribution is 7.89. The lowest BCUT2D eigenvalue weighted by atomic mass is 10.1. The molecule has 0 saturated carbocycles. The van der Waals surface area contributed by atoms with Crippen molar-refractivity contribution < 1.29 is 13.2 Å². The lowest BCUT2D eigenvalue weighted by molar-refractivity contribution is -0.119. The van der Waals surface area contributed by atoms with Gasteiger partial charge in [-0.15, -0.1) is 0 Å². The molecular weight excluding hydrogens is 450 g/mol. The van der Waals surface area contributed by atoms with Gasteiger partial charge in [0.1, 0.15) is 5.69 Å². The molecule has 4 aromatic rings. The summed E-state index contributed by atoms with van der Waals surface area (Å²) in [5.41, 5.74) is 6.65. The van der Waals surface area contributed by atoms with E-state index in [0.717, 1.165) is 16.8 Å². The van der Waals surface area contributed by atoms with E-state index in [-0.39, 0.29) is 4.90 Å². The number of para-hydroxylation sites is 1. The van der Waals surface area contributed by atoms with Gasteiger partial charge in [-0.2, -0.15) is 10.2 Å². The number of hydrogen-bond donors (Lipinski definition) is 2. The van der Waals surface area contributed by atoms with Gasteiger partial charge < -0.3 is 0 Å². The number of hydrogen-bond acceptors (Lipinski definition) is 5. The first kappa shape index (κ1) is 23.1. The molecule has 0 aliphatic rings. The van der Waals surface area contributed by atoms with Crippen molar-refractivity contribution in [2.75, 3.05) is 6.54 Å². The standard InChI is InChI=1S/C25H23N5O3S/c1-19-9-8-10-20(15-19)25-21(18-30(29-25)22-11-4-2-5-12-22)16-26-28-24(31)17-27-34(32,33)23-13-6-3-7-14-23/h2-16,18,27H,17H2,1H3,(H,28,31)/b26-16+. The average molecular weight is 474 g/mol. The molecule has 0 radical (unpaired) electrons. The van der Waals surface area contributed by atoms with Crippen LogP contribution in [-0.2, 0) is 14.8 Å². The van der Waals surface area contributed by atoms with Gasteiger partial charge in [0.05, 0.1) is 23.3 Å². The van der Waals surface area contributed by atoms with Crippen molar-refractivity contribution in [2.24, 2.45) is 5.10 Å². The smallest absolute Gasteiger partial charge is 0.255 e. The van der Waals surface area contributed by atoms with E-state index in [1.165, 1.54) is 18.3 Å². The number of nitrogens with zero attached hydrogens (tertiary/aromatic N) is 3. The minimum Gasteiger partial charge on any atom is -0.272 e. The monoisotopic (exact) mass is 473 g/mol. The van der Waals surface area contributed by atoms with Crippen LogP contribution >= 0.6 is 0 Å². The van der Waals surface area contributed by atoms with Crippen molar-refractivity contribution in [1.82, 2.24) is 19.9 Å². The summed E-state index contributed by atoms with van der Waals surface area (Å²) in [6.07, 6.45) is 3.31. The molecule has 1 heterocycles. The number of aromatic nitrogens is 2. The van der Waals surface area contributed by atoms with Crippen LogP contribution in [0, 0.1) is 6.92 Å². The number of aryl methyl sites for hydroxylation is 1. The Morgan fingerprint density at radius 2 is 1.71 bits per heavy atom. The first-order chi connectivity index (χ1) is 16.4. The van der Waals surface area contributed by atoms with Crippen LogP contribution in [0.25, 0.3) is 16.9 Å². The van der Waals surface area contributed by atoms with Gasteiger partial charge in [0.15, 0.2) is 0 Å². The zero-order valence-electron chi connectivity index (χ0n) is 18.4. The molecule has 172 valence electrons. The molecule has 1 amide bonds. The van der Waals surface area contributed by atoms with Crippen molar-refractivity contribution >= 4 is 22.1 Å². The van der Waals surface area contributed by atoms with E-state index in [2.05, 4.69) is 15.2 Å². The number of amides is 1. The third kappa shape index (κ3) is 5.64. The predicted octanol–water partition coefficient (Wildman–Crippen LogP) is 3.28. The van der Waals surface area contributed by atoms with E-state index in [4.69, 9.17) is 5.10 Å². The summed E-state index contributed by atoms with van der Waals surface area (Å²) in [5, 5.41) is 8.73. The van der Waals surface area contributed by atoms with Crippen LogP contribution in [0.1, 0.15) is 11.1 Å². The Bertz CT molecular complexity index is 1420. The molecule has 9 heteroatoms. The summed E-state index contributed by atoms with van der Waals surface area (Å²) in [7, 11) is -3.78. The minimum atomic E-state index is -3.78. The Kier molecular flexibility index (Phi) is 6.95. The topological polar surface area (TPSA) is 105 Å². The molecule has 3 aromatic carbocycles. The van der Waals surface area contributed by atoms with Crippen molar-refractivity contribution in [1.29, 1.82) is 0 Å². The number of rotatable bonds is 8. The van der Waals surface area contributed by atoms with Gasteiger partial charge in [-0.05, 0) is 37.3 Å². The average Bonchev–Trinajstić information content (AvgIpc) is 3.28. The van der Waals surface area contributed by atoms with E-state index in [0.29, 0.717) is 11.3 Å². The van der Waals surface area contributed by atoms with Crippen molar-refractivity contribution in [2.45, 2.75) is 11.8 Å².